The van der Waals surface area contributed by atoms with Crippen LogP contribution in [0.1, 0.15) is 5.56 Å². The largest absolute Gasteiger partial charge is 0.493 e. The number of rotatable bonds is 7. The molecule has 0 aliphatic carbocycles. The molecule has 1 saturated heterocycles. The molecule has 1 fully saturated rings. The van der Waals surface area contributed by atoms with Crippen molar-refractivity contribution in [3.05, 3.63) is 22.6 Å². The average molecular weight is 420 g/mol. The summed E-state index contributed by atoms with van der Waals surface area (Å²) in [6.07, 6.45) is 1.59. The van der Waals surface area contributed by atoms with Gasteiger partial charge in [-0.1, -0.05) is 24.0 Å². The summed E-state index contributed by atoms with van der Waals surface area (Å²) in [5.41, 5.74) is 0.620. The molecule has 8 nitrogen and oxygen atoms in total. The topological polar surface area (TPSA) is 102 Å². The molecule has 1 aliphatic rings. The zero-order valence-corrected chi connectivity index (χ0v) is 16.7. The van der Waals surface area contributed by atoms with Crippen LogP contribution in [-0.2, 0) is 14.9 Å². The van der Waals surface area contributed by atoms with Crippen LogP contribution in [0.4, 0.5) is 0 Å². The number of carbonyl (C=O) groups is 1. The molecule has 1 amide bonds. The van der Waals surface area contributed by atoms with E-state index in [2.05, 4.69) is 0 Å². The number of ether oxygens (including phenoxy) is 3. The van der Waals surface area contributed by atoms with Crippen LogP contribution < -0.4 is 14.2 Å². The summed E-state index contributed by atoms with van der Waals surface area (Å²) in [5.74, 6) is 0.266. The molecule has 0 unspecified atom stereocenters. The van der Waals surface area contributed by atoms with Crippen LogP contribution in [0.15, 0.2) is 17.0 Å². The third-order valence-electron chi connectivity index (χ3n) is 3.43. The standard InChI is InChI=1S/C15H17NO7S3/c1-21-10-6-9(7-11(22-2)13(10)23-3)8-12-14(17)16(15(24)25-12)4-5-26(18,19)20/h6-8H,4-5H2,1-3H3,(H,18,19,20). The highest BCUT2D eigenvalue weighted by Gasteiger charge is 2.32. The molecule has 0 radical (unpaired) electrons. The molecule has 0 spiro atoms. The average Bonchev–Trinajstić information content (AvgIpc) is 2.84. The van der Waals surface area contributed by atoms with E-state index in [0.717, 1.165) is 16.7 Å². The number of carbonyl (C=O) groups excluding carboxylic acids is 1. The third kappa shape index (κ3) is 4.67. The fraction of sp³-hybridized carbons (Fsp3) is 0.333. The van der Waals surface area contributed by atoms with Gasteiger partial charge in [-0.05, 0) is 23.8 Å². The fourth-order valence-electron chi connectivity index (χ4n) is 2.24. The van der Waals surface area contributed by atoms with Crippen molar-refractivity contribution < 1.29 is 32.0 Å². The summed E-state index contributed by atoms with van der Waals surface area (Å²) in [5, 5.41) is 0. The van der Waals surface area contributed by atoms with Crippen LogP contribution in [-0.4, -0.2) is 61.7 Å². The van der Waals surface area contributed by atoms with E-state index >= 15 is 0 Å². The summed E-state index contributed by atoms with van der Waals surface area (Å²) in [6.45, 7) is -0.212. The zero-order chi connectivity index (χ0) is 19.5. The monoisotopic (exact) mass is 419 g/mol. The van der Waals surface area contributed by atoms with E-state index in [0.29, 0.717) is 27.7 Å². The van der Waals surface area contributed by atoms with Gasteiger partial charge in [0.1, 0.15) is 4.32 Å². The third-order valence-corrected chi connectivity index (χ3v) is 5.51. The maximum absolute atomic E-state index is 12.5. The second-order valence-corrected chi connectivity index (χ2v) is 8.33. The molecule has 0 aromatic heterocycles. The van der Waals surface area contributed by atoms with Crippen molar-refractivity contribution in [2.45, 2.75) is 0 Å². The highest BCUT2D eigenvalue weighted by Crippen LogP contribution is 2.40. The summed E-state index contributed by atoms with van der Waals surface area (Å²) >= 11 is 6.16. The maximum Gasteiger partial charge on any atom is 0.266 e. The van der Waals surface area contributed by atoms with Gasteiger partial charge in [0.25, 0.3) is 16.0 Å². The smallest absolute Gasteiger partial charge is 0.266 e. The van der Waals surface area contributed by atoms with Gasteiger partial charge in [0.05, 0.1) is 32.0 Å². The second kappa shape index (κ2) is 8.25. The summed E-state index contributed by atoms with van der Waals surface area (Å²) < 4.78 is 46.6. The number of benzene rings is 1. The van der Waals surface area contributed by atoms with E-state index < -0.39 is 21.8 Å². The van der Waals surface area contributed by atoms with Gasteiger partial charge >= 0.3 is 0 Å². The van der Waals surface area contributed by atoms with Crippen molar-refractivity contribution in [1.82, 2.24) is 4.90 Å². The van der Waals surface area contributed by atoms with E-state index in [4.69, 9.17) is 31.0 Å². The maximum atomic E-state index is 12.5. The molecular weight excluding hydrogens is 402 g/mol. The molecule has 0 bridgehead atoms. The molecule has 1 aromatic rings. The number of thioether (sulfide) groups is 1. The van der Waals surface area contributed by atoms with E-state index in [1.807, 2.05) is 0 Å². The van der Waals surface area contributed by atoms with E-state index in [1.165, 1.54) is 21.3 Å². The van der Waals surface area contributed by atoms with Gasteiger partial charge in [-0.25, -0.2) is 0 Å². The van der Waals surface area contributed by atoms with Crippen LogP contribution in [0, 0.1) is 0 Å². The van der Waals surface area contributed by atoms with Crippen LogP contribution in [0.3, 0.4) is 0 Å². The van der Waals surface area contributed by atoms with Gasteiger partial charge < -0.3 is 14.2 Å². The minimum Gasteiger partial charge on any atom is -0.493 e. The van der Waals surface area contributed by atoms with Crippen LogP contribution >= 0.6 is 24.0 Å². The first kappa shape index (κ1) is 20.5. The summed E-state index contributed by atoms with van der Waals surface area (Å²) in [4.78, 5) is 13.9. The lowest BCUT2D eigenvalue weighted by Crippen LogP contribution is -2.32. The van der Waals surface area contributed by atoms with Gasteiger partial charge in [-0.15, -0.1) is 0 Å². The van der Waals surface area contributed by atoms with Gasteiger partial charge in [-0.2, -0.15) is 8.42 Å². The minimum absolute atomic E-state index is 0.212. The van der Waals surface area contributed by atoms with Crippen molar-refractivity contribution >= 4 is 50.4 Å². The molecule has 26 heavy (non-hydrogen) atoms. The van der Waals surface area contributed by atoms with Gasteiger partial charge in [-0.3, -0.25) is 14.2 Å². The molecule has 142 valence electrons. The number of hydrogen-bond donors (Lipinski definition) is 1. The van der Waals surface area contributed by atoms with E-state index in [9.17, 15) is 13.2 Å². The van der Waals surface area contributed by atoms with E-state index in [-0.39, 0.29) is 10.9 Å². The molecule has 1 heterocycles. The lowest BCUT2D eigenvalue weighted by Gasteiger charge is -2.13. The van der Waals surface area contributed by atoms with Gasteiger partial charge in [0, 0.05) is 6.54 Å². The molecule has 1 aromatic carbocycles. The SMILES string of the molecule is COc1cc(C=C2SC(=S)N(CCS(=O)(=O)O)C2=O)cc(OC)c1OC. The minimum atomic E-state index is -4.19. The highest BCUT2D eigenvalue weighted by molar-refractivity contribution is 8.26. The Bertz CT molecular complexity index is 839. The Morgan fingerprint density at radius 1 is 1.19 bits per heavy atom. The number of methoxy groups -OCH3 is 3. The first-order valence-electron chi connectivity index (χ1n) is 7.20. The lowest BCUT2D eigenvalue weighted by atomic mass is 10.1. The Labute approximate surface area is 160 Å². The van der Waals surface area contributed by atoms with Crippen molar-refractivity contribution in [3.8, 4) is 17.2 Å². The molecule has 2 rings (SSSR count). The number of thiocarbonyl (C=S) groups is 1. The predicted octanol–water partition coefficient (Wildman–Crippen LogP) is 1.80. The first-order valence-corrected chi connectivity index (χ1v) is 10.0. The summed E-state index contributed by atoms with van der Waals surface area (Å²) in [7, 11) is 0.261. The normalized spacial score (nSPS) is 16.3. The van der Waals surface area contributed by atoms with Crippen LogP contribution in [0.2, 0.25) is 0 Å². The fourth-order valence-corrected chi connectivity index (χ4v) is 3.96. The Morgan fingerprint density at radius 2 is 1.77 bits per heavy atom. The molecule has 0 atom stereocenters. The molecule has 1 aliphatic heterocycles. The van der Waals surface area contributed by atoms with Crippen molar-refractivity contribution in [1.29, 1.82) is 0 Å². The molecular formula is C15H17NO7S3. The number of amides is 1. The van der Waals surface area contributed by atoms with Crippen LogP contribution in [0.5, 0.6) is 17.2 Å². The molecule has 11 heteroatoms. The summed E-state index contributed by atoms with van der Waals surface area (Å²) in [6, 6.07) is 3.35. The Kier molecular flexibility index (Phi) is 6.50. The molecule has 0 saturated carbocycles. The van der Waals surface area contributed by atoms with Crippen LogP contribution in [0.25, 0.3) is 6.08 Å². The molecule has 1 N–H and O–H groups in total. The zero-order valence-electron chi connectivity index (χ0n) is 14.2. The second-order valence-electron chi connectivity index (χ2n) is 5.08. The number of nitrogens with zero attached hydrogens (tertiary/aromatic N) is 1. The quantitative estimate of drug-likeness (QED) is 0.403. The highest BCUT2D eigenvalue weighted by atomic mass is 32.2. The van der Waals surface area contributed by atoms with Crippen molar-refractivity contribution in [2.24, 2.45) is 0 Å². The lowest BCUT2D eigenvalue weighted by molar-refractivity contribution is -0.121. The van der Waals surface area contributed by atoms with Gasteiger partial charge in [0.15, 0.2) is 11.5 Å². The van der Waals surface area contributed by atoms with Gasteiger partial charge in [0.2, 0.25) is 5.75 Å². The van der Waals surface area contributed by atoms with E-state index in [1.54, 1.807) is 18.2 Å². The van der Waals surface area contributed by atoms with Crippen molar-refractivity contribution in [2.75, 3.05) is 33.6 Å². The number of hydrogen-bond acceptors (Lipinski definition) is 8. The first-order chi connectivity index (χ1) is 12.2. The Hall–Kier alpha value is -1.82. The Balaban J connectivity index is 2.32. The van der Waals surface area contributed by atoms with Crippen molar-refractivity contribution in [3.63, 3.8) is 0 Å². The Morgan fingerprint density at radius 3 is 2.23 bits per heavy atom. The predicted molar refractivity (Wildman–Crippen MR) is 102 cm³/mol.